The molecule has 0 atom stereocenters. The second-order valence-corrected chi connectivity index (χ2v) is 8.35. The van der Waals surface area contributed by atoms with Gasteiger partial charge < -0.3 is 10.6 Å². The van der Waals surface area contributed by atoms with Gasteiger partial charge in [0.1, 0.15) is 0 Å². The summed E-state index contributed by atoms with van der Waals surface area (Å²) in [6.45, 7) is 3.97. The summed E-state index contributed by atoms with van der Waals surface area (Å²) < 4.78 is 1.79. The van der Waals surface area contributed by atoms with Gasteiger partial charge in [0.15, 0.2) is 11.5 Å². The second kappa shape index (κ2) is 7.98. The molecule has 2 amide bonds. The summed E-state index contributed by atoms with van der Waals surface area (Å²) in [4.78, 5) is 12.6. The van der Waals surface area contributed by atoms with E-state index in [0.29, 0.717) is 5.82 Å². The largest absolute Gasteiger partial charge is 0.335 e. The molecule has 1 fully saturated rings. The fourth-order valence-electron chi connectivity index (χ4n) is 4.41. The highest BCUT2D eigenvalue weighted by atomic mass is 16.2. The van der Waals surface area contributed by atoms with Crippen LogP contribution in [0.1, 0.15) is 43.4 Å². The van der Waals surface area contributed by atoms with Crippen LogP contribution in [0.15, 0.2) is 42.5 Å². The van der Waals surface area contributed by atoms with E-state index in [1.54, 1.807) is 4.52 Å². The molecule has 7 heteroatoms. The van der Waals surface area contributed by atoms with Gasteiger partial charge in [-0.1, -0.05) is 55.7 Å². The van der Waals surface area contributed by atoms with Gasteiger partial charge in [0.2, 0.25) is 0 Å². The Morgan fingerprint density at radius 3 is 2.58 bits per heavy atom. The molecule has 0 aliphatic heterocycles. The second-order valence-electron chi connectivity index (χ2n) is 8.35. The molecule has 0 bridgehead atoms. The maximum absolute atomic E-state index is 12.6. The number of hydrogen-bond donors (Lipinski definition) is 2. The number of fused-ring (bicyclic) bond motifs is 3. The molecule has 0 unspecified atom stereocenters. The Bertz CT molecular complexity index is 1270. The molecular formula is C24H26N6O. The molecule has 1 aliphatic rings. The van der Waals surface area contributed by atoms with Gasteiger partial charge in [-0.15, -0.1) is 10.2 Å². The van der Waals surface area contributed by atoms with Crippen molar-refractivity contribution in [3.8, 4) is 11.4 Å². The number of urea groups is 1. The third kappa shape index (κ3) is 3.71. The molecular weight excluding hydrogens is 388 g/mol. The first-order valence-electron chi connectivity index (χ1n) is 10.9. The number of nitrogens with one attached hydrogen (secondary N) is 2. The highest BCUT2D eigenvalue weighted by Crippen LogP contribution is 2.27. The molecule has 5 rings (SSSR count). The van der Waals surface area contributed by atoms with Crippen LogP contribution in [-0.4, -0.2) is 31.9 Å². The number of hydrogen-bond acceptors (Lipinski definition) is 4. The maximum atomic E-state index is 12.6. The van der Waals surface area contributed by atoms with Crippen LogP contribution >= 0.6 is 0 Å². The molecule has 2 aromatic carbocycles. The van der Waals surface area contributed by atoms with E-state index in [9.17, 15) is 4.79 Å². The topological polar surface area (TPSA) is 84.2 Å². The third-order valence-electron chi connectivity index (χ3n) is 6.13. The van der Waals surface area contributed by atoms with Crippen molar-refractivity contribution >= 4 is 28.1 Å². The summed E-state index contributed by atoms with van der Waals surface area (Å²) in [6, 6.07) is 14.1. The van der Waals surface area contributed by atoms with Gasteiger partial charge in [-0.05, 0) is 38.3 Å². The normalized spacial score (nSPS) is 14.8. The smallest absolute Gasteiger partial charge is 0.319 e. The van der Waals surface area contributed by atoms with Gasteiger partial charge in [-0.3, -0.25) is 0 Å². The lowest BCUT2D eigenvalue weighted by Crippen LogP contribution is -2.39. The lowest BCUT2D eigenvalue weighted by atomic mass is 9.96. The van der Waals surface area contributed by atoms with Crippen LogP contribution in [0.4, 0.5) is 10.5 Å². The molecule has 0 saturated heterocycles. The Labute approximate surface area is 180 Å². The Hall–Kier alpha value is -3.48. The number of carbonyl (C=O) groups excluding carboxylic acids is 1. The number of rotatable bonds is 3. The molecule has 1 aliphatic carbocycles. The van der Waals surface area contributed by atoms with Crippen molar-refractivity contribution in [2.75, 3.05) is 5.32 Å². The van der Waals surface area contributed by atoms with Gasteiger partial charge in [0.05, 0.1) is 5.69 Å². The van der Waals surface area contributed by atoms with Crippen LogP contribution in [0.3, 0.4) is 0 Å². The minimum Gasteiger partial charge on any atom is -0.335 e. The summed E-state index contributed by atoms with van der Waals surface area (Å²) in [7, 11) is 0. The van der Waals surface area contributed by atoms with Crippen LogP contribution in [0, 0.1) is 13.8 Å². The highest BCUT2D eigenvalue weighted by Gasteiger charge is 2.18. The van der Waals surface area contributed by atoms with Crippen LogP contribution < -0.4 is 10.6 Å². The summed E-state index contributed by atoms with van der Waals surface area (Å²) >= 11 is 0. The lowest BCUT2D eigenvalue weighted by molar-refractivity contribution is 0.244. The van der Waals surface area contributed by atoms with Crippen LogP contribution in [0.5, 0.6) is 0 Å². The van der Waals surface area contributed by atoms with E-state index in [-0.39, 0.29) is 12.1 Å². The first kappa shape index (κ1) is 19.5. The van der Waals surface area contributed by atoms with Crippen molar-refractivity contribution in [2.24, 2.45) is 0 Å². The molecule has 2 N–H and O–H groups in total. The number of amides is 2. The molecule has 31 heavy (non-hydrogen) atoms. The van der Waals surface area contributed by atoms with Crippen LogP contribution in [-0.2, 0) is 0 Å². The van der Waals surface area contributed by atoms with Crippen LogP contribution in [0.25, 0.3) is 27.8 Å². The Morgan fingerprint density at radius 1 is 1.00 bits per heavy atom. The van der Waals surface area contributed by atoms with Crippen molar-refractivity contribution < 1.29 is 4.79 Å². The fourth-order valence-corrected chi connectivity index (χ4v) is 4.41. The molecule has 2 heterocycles. The van der Waals surface area contributed by atoms with E-state index in [1.807, 2.05) is 56.3 Å². The fraction of sp³-hybridized carbons (Fsp3) is 0.333. The Kier molecular flexibility index (Phi) is 5.02. The van der Waals surface area contributed by atoms with Crippen LogP contribution in [0.2, 0.25) is 0 Å². The third-order valence-corrected chi connectivity index (χ3v) is 6.13. The summed E-state index contributed by atoms with van der Waals surface area (Å²) in [5.41, 5.74) is 4.25. The van der Waals surface area contributed by atoms with Crippen molar-refractivity contribution in [3.05, 3.63) is 53.7 Å². The molecule has 158 valence electrons. The molecule has 4 aromatic rings. The van der Waals surface area contributed by atoms with E-state index in [1.165, 1.54) is 19.3 Å². The average molecular weight is 415 g/mol. The highest BCUT2D eigenvalue weighted by molar-refractivity contribution is 5.95. The van der Waals surface area contributed by atoms with E-state index >= 15 is 0 Å². The summed E-state index contributed by atoms with van der Waals surface area (Å²) in [6.07, 6.45) is 5.73. The van der Waals surface area contributed by atoms with E-state index in [0.717, 1.165) is 51.8 Å². The van der Waals surface area contributed by atoms with Gasteiger partial charge in [-0.2, -0.15) is 9.61 Å². The Morgan fingerprint density at radius 2 is 1.77 bits per heavy atom. The number of aryl methyl sites for hydroxylation is 2. The Balaban J connectivity index is 1.47. The predicted octanol–water partition coefficient (Wildman–Crippen LogP) is 5.02. The zero-order chi connectivity index (χ0) is 21.4. The van der Waals surface area contributed by atoms with Gasteiger partial charge in [-0.25, -0.2) is 4.79 Å². The predicted molar refractivity (Wildman–Crippen MR) is 122 cm³/mol. The number of benzene rings is 2. The van der Waals surface area contributed by atoms with Gasteiger partial charge >= 0.3 is 6.03 Å². The van der Waals surface area contributed by atoms with Crippen molar-refractivity contribution in [1.29, 1.82) is 0 Å². The number of anilines is 1. The van der Waals surface area contributed by atoms with Crippen molar-refractivity contribution in [1.82, 2.24) is 25.1 Å². The lowest BCUT2D eigenvalue weighted by Gasteiger charge is -2.23. The van der Waals surface area contributed by atoms with E-state index < -0.39 is 0 Å². The SMILES string of the molecule is Cc1ccc(-c2nnc3c4ccccc4c(C)nn23)cc1NC(=O)NC1CCCCC1. The molecule has 0 spiro atoms. The average Bonchev–Trinajstić information content (AvgIpc) is 3.20. The first-order valence-corrected chi connectivity index (χ1v) is 10.9. The van der Waals surface area contributed by atoms with E-state index in [2.05, 4.69) is 20.8 Å². The maximum Gasteiger partial charge on any atom is 0.319 e. The quantitative estimate of drug-likeness (QED) is 0.493. The van der Waals surface area contributed by atoms with Crippen molar-refractivity contribution in [2.45, 2.75) is 52.0 Å². The number of nitrogens with zero attached hydrogens (tertiary/aromatic N) is 4. The summed E-state index contributed by atoms with van der Waals surface area (Å²) in [5.74, 6) is 0.652. The van der Waals surface area contributed by atoms with E-state index in [4.69, 9.17) is 5.10 Å². The molecule has 0 radical (unpaired) electrons. The van der Waals surface area contributed by atoms with Gasteiger partial charge in [0.25, 0.3) is 0 Å². The number of carbonyl (C=O) groups is 1. The minimum absolute atomic E-state index is 0.154. The molecule has 2 aromatic heterocycles. The minimum atomic E-state index is -0.154. The number of aromatic nitrogens is 4. The standard InChI is InChI=1S/C24H26N6O/c1-15-12-13-17(14-21(15)26-24(31)25-18-8-4-3-5-9-18)22-27-28-23-20-11-7-6-10-19(20)16(2)29-30(22)23/h6-7,10-14,18H,3-5,8-9H2,1-2H3,(H2,25,26,31). The van der Waals surface area contributed by atoms with Gasteiger partial charge in [0, 0.05) is 28.1 Å². The first-order chi connectivity index (χ1) is 15.1. The monoisotopic (exact) mass is 414 g/mol. The zero-order valence-corrected chi connectivity index (χ0v) is 17.9. The summed E-state index contributed by atoms with van der Waals surface area (Å²) in [5, 5.41) is 21.8. The zero-order valence-electron chi connectivity index (χ0n) is 17.9. The molecule has 7 nitrogen and oxygen atoms in total. The van der Waals surface area contributed by atoms with Crippen molar-refractivity contribution in [3.63, 3.8) is 0 Å². The molecule has 1 saturated carbocycles.